The fourth-order valence-corrected chi connectivity index (χ4v) is 2.33. The minimum atomic E-state index is -0.138. The number of nitrogens with one attached hydrogen (secondary N) is 2. The molecule has 23 heavy (non-hydrogen) atoms. The molecule has 2 heterocycles. The number of amides is 1. The van der Waals surface area contributed by atoms with Gasteiger partial charge in [-0.05, 0) is 36.6 Å². The van der Waals surface area contributed by atoms with Crippen molar-refractivity contribution in [3.63, 3.8) is 0 Å². The third kappa shape index (κ3) is 4.03. The Bertz CT molecular complexity index is 753. The Morgan fingerprint density at radius 2 is 2.00 bits per heavy atom. The van der Waals surface area contributed by atoms with Crippen LogP contribution in [0.4, 0.5) is 0 Å². The number of carbonyl (C=O) groups is 1. The molecule has 0 spiro atoms. The topological polar surface area (TPSA) is 70.7 Å². The molecule has 0 saturated carbocycles. The third-order valence-electron chi connectivity index (χ3n) is 3.55. The number of pyridine rings is 1. The predicted molar refractivity (Wildman–Crippen MR) is 88.9 cm³/mol. The van der Waals surface area contributed by atoms with Gasteiger partial charge in [0.2, 0.25) is 0 Å². The highest BCUT2D eigenvalue weighted by Crippen LogP contribution is 2.15. The number of H-pyrrole nitrogens is 1. The van der Waals surface area contributed by atoms with Gasteiger partial charge in [-0.2, -0.15) is 5.10 Å². The molecule has 116 valence electrons. The number of hydrogen-bond acceptors (Lipinski definition) is 3. The first-order valence-electron chi connectivity index (χ1n) is 7.61. The fraction of sp³-hybridized carbons (Fsp3) is 0.167. The Morgan fingerprint density at radius 1 is 1.13 bits per heavy atom. The molecule has 0 aliphatic carbocycles. The first kappa shape index (κ1) is 15.0. The van der Waals surface area contributed by atoms with Crippen LogP contribution in [0.2, 0.25) is 0 Å². The predicted octanol–water partition coefficient (Wildman–Crippen LogP) is 2.83. The van der Waals surface area contributed by atoms with Crippen molar-refractivity contribution in [3.8, 4) is 11.3 Å². The fourth-order valence-electron chi connectivity index (χ4n) is 2.33. The molecule has 3 rings (SSSR count). The summed E-state index contributed by atoms with van der Waals surface area (Å²) < 4.78 is 0. The molecular weight excluding hydrogens is 288 g/mol. The van der Waals surface area contributed by atoms with Gasteiger partial charge in [-0.1, -0.05) is 30.3 Å². The van der Waals surface area contributed by atoms with Crippen molar-refractivity contribution in [2.24, 2.45) is 0 Å². The van der Waals surface area contributed by atoms with Gasteiger partial charge in [-0.15, -0.1) is 0 Å². The minimum absolute atomic E-state index is 0.138. The van der Waals surface area contributed by atoms with Crippen LogP contribution < -0.4 is 5.32 Å². The normalized spacial score (nSPS) is 10.4. The van der Waals surface area contributed by atoms with Crippen molar-refractivity contribution in [1.82, 2.24) is 20.5 Å². The second-order valence-electron chi connectivity index (χ2n) is 5.25. The molecule has 0 aliphatic heterocycles. The zero-order valence-electron chi connectivity index (χ0n) is 12.7. The lowest BCUT2D eigenvalue weighted by Crippen LogP contribution is -2.25. The van der Waals surface area contributed by atoms with Crippen molar-refractivity contribution >= 4 is 5.91 Å². The number of hydrogen-bond donors (Lipinski definition) is 2. The molecular formula is C18H18N4O. The molecule has 0 radical (unpaired) electrons. The SMILES string of the molecule is O=C(NCCCc1ccccc1)c1cc(-c2cccnc2)n[nH]1. The third-order valence-corrected chi connectivity index (χ3v) is 3.55. The number of aromatic amines is 1. The molecule has 0 unspecified atom stereocenters. The largest absolute Gasteiger partial charge is 0.351 e. The monoisotopic (exact) mass is 306 g/mol. The van der Waals surface area contributed by atoms with Crippen LogP contribution in [0.5, 0.6) is 0 Å². The molecule has 2 aromatic heterocycles. The zero-order chi connectivity index (χ0) is 15.9. The van der Waals surface area contributed by atoms with Crippen molar-refractivity contribution in [1.29, 1.82) is 0 Å². The first-order valence-corrected chi connectivity index (χ1v) is 7.61. The summed E-state index contributed by atoms with van der Waals surface area (Å²) in [5.41, 5.74) is 3.34. The Morgan fingerprint density at radius 3 is 2.78 bits per heavy atom. The summed E-state index contributed by atoms with van der Waals surface area (Å²) >= 11 is 0. The maximum absolute atomic E-state index is 12.1. The number of rotatable bonds is 6. The molecule has 0 atom stereocenters. The Hall–Kier alpha value is -2.95. The highest BCUT2D eigenvalue weighted by molar-refractivity contribution is 5.93. The van der Waals surface area contributed by atoms with E-state index < -0.39 is 0 Å². The number of nitrogens with zero attached hydrogens (tertiary/aromatic N) is 2. The van der Waals surface area contributed by atoms with E-state index in [1.165, 1.54) is 5.56 Å². The van der Waals surface area contributed by atoms with Gasteiger partial charge in [-0.3, -0.25) is 14.9 Å². The van der Waals surface area contributed by atoms with Crippen LogP contribution in [0.3, 0.4) is 0 Å². The summed E-state index contributed by atoms with van der Waals surface area (Å²) in [6.45, 7) is 0.634. The molecule has 0 saturated heterocycles. The summed E-state index contributed by atoms with van der Waals surface area (Å²) in [5, 5.41) is 9.84. The summed E-state index contributed by atoms with van der Waals surface area (Å²) in [4.78, 5) is 16.2. The number of aryl methyl sites for hydroxylation is 1. The quantitative estimate of drug-likeness (QED) is 0.688. The van der Waals surface area contributed by atoms with E-state index in [0.717, 1.165) is 18.4 Å². The van der Waals surface area contributed by atoms with E-state index in [0.29, 0.717) is 17.9 Å². The number of aromatic nitrogens is 3. The standard InChI is InChI=1S/C18H18N4O/c23-18(20-11-4-8-14-6-2-1-3-7-14)17-12-16(21-22-17)15-9-5-10-19-13-15/h1-3,5-7,9-10,12-13H,4,8,11H2,(H,20,23)(H,21,22). The van der Waals surface area contributed by atoms with Gasteiger partial charge in [0, 0.05) is 24.5 Å². The summed E-state index contributed by atoms with van der Waals surface area (Å²) in [5.74, 6) is -0.138. The van der Waals surface area contributed by atoms with Gasteiger partial charge >= 0.3 is 0 Å². The Balaban J connectivity index is 1.50. The van der Waals surface area contributed by atoms with Gasteiger partial charge in [0.15, 0.2) is 0 Å². The average molecular weight is 306 g/mol. The molecule has 1 aromatic carbocycles. The maximum Gasteiger partial charge on any atom is 0.269 e. The summed E-state index contributed by atoms with van der Waals surface area (Å²) in [7, 11) is 0. The van der Waals surface area contributed by atoms with Gasteiger partial charge in [0.25, 0.3) is 5.91 Å². The van der Waals surface area contributed by atoms with E-state index >= 15 is 0 Å². The van der Waals surface area contributed by atoms with Crippen LogP contribution in [-0.4, -0.2) is 27.6 Å². The average Bonchev–Trinajstić information content (AvgIpc) is 3.10. The summed E-state index contributed by atoms with van der Waals surface area (Å²) in [6, 6.07) is 15.7. The molecule has 2 N–H and O–H groups in total. The molecule has 1 amide bonds. The van der Waals surface area contributed by atoms with Crippen LogP contribution in [0.25, 0.3) is 11.3 Å². The van der Waals surface area contributed by atoms with Gasteiger partial charge in [0.05, 0.1) is 5.69 Å². The summed E-state index contributed by atoms with van der Waals surface area (Å²) in [6.07, 6.45) is 5.28. The lowest BCUT2D eigenvalue weighted by molar-refractivity contribution is 0.0948. The van der Waals surface area contributed by atoms with Crippen molar-refractivity contribution in [3.05, 3.63) is 72.2 Å². The van der Waals surface area contributed by atoms with E-state index in [4.69, 9.17) is 0 Å². The van der Waals surface area contributed by atoms with Gasteiger partial charge in [0.1, 0.15) is 5.69 Å². The second kappa shape index (κ2) is 7.35. The van der Waals surface area contributed by atoms with Crippen molar-refractivity contribution in [2.75, 3.05) is 6.54 Å². The zero-order valence-corrected chi connectivity index (χ0v) is 12.7. The van der Waals surface area contributed by atoms with Crippen LogP contribution in [0, 0.1) is 0 Å². The Labute approximate surface area is 134 Å². The van der Waals surface area contributed by atoms with E-state index in [1.54, 1.807) is 18.5 Å². The van der Waals surface area contributed by atoms with Crippen molar-refractivity contribution in [2.45, 2.75) is 12.8 Å². The number of carbonyl (C=O) groups excluding carboxylic acids is 1. The molecule has 0 bridgehead atoms. The highest BCUT2D eigenvalue weighted by Gasteiger charge is 2.10. The van der Waals surface area contributed by atoms with Gasteiger partial charge < -0.3 is 5.32 Å². The molecule has 3 aromatic rings. The molecule has 0 aliphatic rings. The maximum atomic E-state index is 12.1. The van der Waals surface area contributed by atoms with Crippen LogP contribution in [0.15, 0.2) is 60.9 Å². The first-order chi connectivity index (χ1) is 11.3. The molecule has 5 nitrogen and oxygen atoms in total. The number of benzene rings is 1. The van der Waals surface area contributed by atoms with Gasteiger partial charge in [-0.25, -0.2) is 0 Å². The minimum Gasteiger partial charge on any atom is -0.351 e. The second-order valence-corrected chi connectivity index (χ2v) is 5.25. The van der Waals surface area contributed by atoms with E-state index in [9.17, 15) is 4.79 Å². The lowest BCUT2D eigenvalue weighted by Gasteiger charge is -2.03. The smallest absolute Gasteiger partial charge is 0.269 e. The lowest BCUT2D eigenvalue weighted by atomic mass is 10.1. The highest BCUT2D eigenvalue weighted by atomic mass is 16.1. The van der Waals surface area contributed by atoms with Crippen LogP contribution >= 0.6 is 0 Å². The molecule has 5 heteroatoms. The Kier molecular flexibility index (Phi) is 4.79. The van der Waals surface area contributed by atoms with Crippen molar-refractivity contribution < 1.29 is 4.79 Å². The van der Waals surface area contributed by atoms with Crippen LogP contribution in [-0.2, 0) is 6.42 Å². The molecule has 0 fully saturated rings. The van der Waals surface area contributed by atoms with E-state index in [-0.39, 0.29) is 5.91 Å². The van der Waals surface area contributed by atoms with Crippen LogP contribution in [0.1, 0.15) is 22.5 Å². The van der Waals surface area contributed by atoms with E-state index in [2.05, 4.69) is 32.6 Å². The van der Waals surface area contributed by atoms with E-state index in [1.807, 2.05) is 30.3 Å².